The Morgan fingerprint density at radius 1 is 1.19 bits per heavy atom. The Morgan fingerprint density at radius 2 is 1.97 bits per heavy atom. The number of hydrogen-bond donors (Lipinski definition) is 1. The summed E-state index contributed by atoms with van der Waals surface area (Å²) in [4.78, 5) is 30.9. The molecule has 0 radical (unpaired) electrons. The summed E-state index contributed by atoms with van der Waals surface area (Å²) in [6.07, 6.45) is 6.11. The van der Waals surface area contributed by atoms with Crippen molar-refractivity contribution in [2.45, 2.75) is 39.0 Å². The lowest BCUT2D eigenvalue weighted by molar-refractivity contribution is -0.119. The number of carbonyl (C=O) groups is 2. The van der Waals surface area contributed by atoms with Crippen molar-refractivity contribution in [3.63, 3.8) is 0 Å². The van der Waals surface area contributed by atoms with Gasteiger partial charge >= 0.3 is 0 Å². The van der Waals surface area contributed by atoms with Crippen molar-refractivity contribution in [3.05, 3.63) is 83.6 Å². The number of hydrogen-bond acceptors (Lipinski definition) is 5. The number of ether oxygens (including phenoxy) is 1. The monoisotopic (exact) mass is 419 g/mol. The summed E-state index contributed by atoms with van der Waals surface area (Å²) in [6.45, 7) is 3.01. The number of nitrogens with zero attached hydrogens (tertiary/aromatic N) is 2. The van der Waals surface area contributed by atoms with Gasteiger partial charge < -0.3 is 19.4 Å². The second-order valence-electron chi connectivity index (χ2n) is 7.70. The number of nitrogens with one attached hydrogen (secondary N) is 1. The molecule has 1 aromatic carbocycles. The van der Waals surface area contributed by atoms with E-state index in [1.54, 1.807) is 23.4 Å². The van der Waals surface area contributed by atoms with Crippen LogP contribution in [0.15, 0.2) is 65.5 Å². The molecule has 31 heavy (non-hydrogen) atoms. The topological polar surface area (TPSA) is 84.7 Å². The fourth-order valence-corrected chi connectivity index (χ4v) is 3.60. The minimum Gasteiger partial charge on any atom is -0.486 e. The first kappa shape index (κ1) is 20.7. The Bertz CT molecular complexity index is 1030. The molecule has 1 aliphatic rings. The van der Waals surface area contributed by atoms with E-state index in [2.05, 4.69) is 10.3 Å². The van der Waals surface area contributed by atoms with Crippen LogP contribution < -0.4 is 10.1 Å². The molecule has 2 aromatic heterocycles. The number of aryl methyl sites for hydroxylation is 1. The third-order valence-corrected chi connectivity index (χ3v) is 5.30. The van der Waals surface area contributed by atoms with Gasteiger partial charge in [-0.2, -0.15) is 0 Å². The molecule has 3 heterocycles. The molecule has 4 rings (SSSR count). The summed E-state index contributed by atoms with van der Waals surface area (Å²) >= 11 is 0. The summed E-state index contributed by atoms with van der Waals surface area (Å²) < 4.78 is 11.4. The summed E-state index contributed by atoms with van der Waals surface area (Å²) in [5.41, 5.74) is 2.58. The van der Waals surface area contributed by atoms with Crippen LogP contribution in [-0.2, 0) is 17.9 Å². The van der Waals surface area contributed by atoms with E-state index in [0.717, 1.165) is 11.1 Å². The van der Waals surface area contributed by atoms with Crippen molar-refractivity contribution in [1.82, 2.24) is 15.2 Å². The second-order valence-corrected chi connectivity index (χ2v) is 7.70. The predicted octanol–water partition coefficient (Wildman–Crippen LogP) is 3.48. The van der Waals surface area contributed by atoms with Gasteiger partial charge in [0.1, 0.15) is 12.4 Å². The smallest absolute Gasteiger partial charge is 0.257 e. The van der Waals surface area contributed by atoms with Crippen LogP contribution >= 0.6 is 0 Å². The largest absolute Gasteiger partial charge is 0.486 e. The van der Waals surface area contributed by atoms with Gasteiger partial charge in [-0.05, 0) is 49.2 Å². The van der Waals surface area contributed by atoms with Crippen LogP contribution in [0.3, 0.4) is 0 Å². The molecular weight excluding hydrogens is 394 g/mol. The average molecular weight is 419 g/mol. The lowest BCUT2D eigenvalue weighted by Gasteiger charge is -2.26. The number of furan rings is 1. The van der Waals surface area contributed by atoms with E-state index < -0.39 is 0 Å². The van der Waals surface area contributed by atoms with E-state index in [1.165, 1.54) is 6.26 Å². The Morgan fingerprint density at radius 3 is 2.68 bits per heavy atom. The van der Waals surface area contributed by atoms with Crippen LogP contribution in [-0.4, -0.2) is 34.3 Å². The fraction of sp³-hybridized carbons (Fsp3) is 0.292. The third-order valence-electron chi connectivity index (χ3n) is 5.30. The zero-order valence-corrected chi connectivity index (χ0v) is 17.4. The molecule has 0 spiro atoms. The molecule has 0 aliphatic carbocycles. The van der Waals surface area contributed by atoms with Gasteiger partial charge in [0, 0.05) is 37.9 Å². The van der Waals surface area contributed by atoms with Crippen molar-refractivity contribution in [2.24, 2.45) is 0 Å². The van der Waals surface area contributed by atoms with Crippen molar-refractivity contribution in [3.8, 4) is 5.75 Å². The summed E-state index contributed by atoms with van der Waals surface area (Å²) in [6, 6.07) is 13.1. The average Bonchev–Trinajstić information content (AvgIpc) is 3.42. The SMILES string of the molecule is Cc1ccc(OCc2occc2C(=O)N(Cc2ccncc2)C[C@@H]2CCC(=O)N2)cc1. The minimum atomic E-state index is -0.158. The molecule has 3 aromatic rings. The molecule has 1 aliphatic heterocycles. The Kier molecular flexibility index (Phi) is 6.31. The number of pyridine rings is 1. The van der Waals surface area contributed by atoms with E-state index in [4.69, 9.17) is 9.15 Å². The van der Waals surface area contributed by atoms with Gasteiger partial charge in [0.05, 0.1) is 11.8 Å². The van der Waals surface area contributed by atoms with Crippen LogP contribution in [0.2, 0.25) is 0 Å². The van der Waals surface area contributed by atoms with Gasteiger partial charge in [0.15, 0.2) is 5.76 Å². The first-order chi connectivity index (χ1) is 15.1. The number of benzene rings is 1. The molecule has 1 N–H and O–H groups in total. The number of carbonyl (C=O) groups excluding carboxylic acids is 2. The zero-order chi connectivity index (χ0) is 21.6. The molecular formula is C24H25N3O4. The Hall–Kier alpha value is -3.61. The summed E-state index contributed by atoms with van der Waals surface area (Å²) in [5, 5.41) is 2.94. The van der Waals surface area contributed by atoms with Gasteiger partial charge in [-0.15, -0.1) is 0 Å². The highest BCUT2D eigenvalue weighted by Crippen LogP contribution is 2.20. The fourth-order valence-electron chi connectivity index (χ4n) is 3.60. The number of aromatic nitrogens is 1. The highest BCUT2D eigenvalue weighted by atomic mass is 16.5. The normalized spacial score (nSPS) is 15.5. The molecule has 1 fully saturated rings. The molecule has 1 saturated heterocycles. The van der Waals surface area contributed by atoms with Gasteiger partial charge in [0.2, 0.25) is 5.91 Å². The standard InChI is InChI=1S/C24H25N3O4/c1-17-2-5-20(6-3-17)31-16-22-21(10-13-30-22)24(29)27(14-18-8-11-25-12-9-18)15-19-4-7-23(28)26-19/h2-3,5-6,8-13,19H,4,7,14-16H2,1H3,(H,26,28)/t19-/m0/s1. The molecule has 7 heteroatoms. The molecule has 7 nitrogen and oxygen atoms in total. The van der Waals surface area contributed by atoms with Crippen molar-refractivity contribution < 1.29 is 18.7 Å². The van der Waals surface area contributed by atoms with E-state index in [1.807, 2.05) is 43.3 Å². The molecule has 0 saturated carbocycles. The molecule has 1 atom stereocenters. The third kappa shape index (κ3) is 5.31. The zero-order valence-electron chi connectivity index (χ0n) is 17.4. The van der Waals surface area contributed by atoms with Crippen LogP contribution in [0.5, 0.6) is 5.75 Å². The van der Waals surface area contributed by atoms with E-state index in [9.17, 15) is 9.59 Å². The maximum absolute atomic E-state index is 13.4. The molecule has 2 amide bonds. The highest BCUT2D eigenvalue weighted by molar-refractivity contribution is 5.95. The molecule has 0 bridgehead atoms. The number of rotatable bonds is 8. The summed E-state index contributed by atoms with van der Waals surface area (Å²) in [7, 11) is 0. The molecule has 0 unspecified atom stereocenters. The van der Waals surface area contributed by atoms with Gasteiger partial charge in [0.25, 0.3) is 5.91 Å². The summed E-state index contributed by atoms with van der Waals surface area (Å²) in [5.74, 6) is 1.05. The van der Waals surface area contributed by atoms with Crippen molar-refractivity contribution in [1.29, 1.82) is 0 Å². The van der Waals surface area contributed by atoms with Crippen molar-refractivity contribution in [2.75, 3.05) is 6.54 Å². The van der Waals surface area contributed by atoms with Gasteiger partial charge in [-0.3, -0.25) is 14.6 Å². The van der Waals surface area contributed by atoms with Crippen LogP contribution in [0, 0.1) is 6.92 Å². The first-order valence-electron chi connectivity index (χ1n) is 10.3. The van der Waals surface area contributed by atoms with E-state index >= 15 is 0 Å². The molecule has 160 valence electrons. The second kappa shape index (κ2) is 9.47. The van der Waals surface area contributed by atoms with Crippen LogP contribution in [0.4, 0.5) is 0 Å². The van der Waals surface area contributed by atoms with Gasteiger partial charge in [-0.1, -0.05) is 17.7 Å². The lowest BCUT2D eigenvalue weighted by Crippen LogP contribution is -2.41. The quantitative estimate of drug-likeness (QED) is 0.604. The maximum atomic E-state index is 13.4. The van der Waals surface area contributed by atoms with Gasteiger partial charge in [-0.25, -0.2) is 0 Å². The van der Waals surface area contributed by atoms with Crippen LogP contribution in [0.1, 0.15) is 40.1 Å². The highest BCUT2D eigenvalue weighted by Gasteiger charge is 2.28. The predicted molar refractivity (Wildman–Crippen MR) is 114 cm³/mol. The number of amides is 2. The maximum Gasteiger partial charge on any atom is 0.257 e. The van der Waals surface area contributed by atoms with E-state index in [-0.39, 0.29) is 24.5 Å². The lowest BCUT2D eigenvalue weighted by atomic mass is 10.1. The van der Waals surface area contributed by atoms with Crippen molar-refractivity contribution >= 4 is 11.8 Å². The minimum absolute atomic E-state index is 0.0248. The van der Waals surface area contributed by atoms with E-state index in [0.29, 0.717) is 43.0 Å². The van der Waals surface area contributed by atoms with Crippen LogP contribution in [0.25, 0.3) is 0 Å². The first-order valence-corrected chi connectivity index (χ1v) is 10.3. The Labute approximate surface area is 181 Å². The Balaban J connectivity index is 1.50.